The molecule has 2 aromatic heterocycles. The fraction of sp³-hybridized carbons (Fsp3) is 0.133. The average molecular weight is 305 g/mol. The number of aromatic nitrogens is 1. The van der Waals surface area contributed by atoms with Crippen molar-refractivity contribution in [3.05, 3.63) is 57.4 Å². The molecule has 1 aromatic carbocycles. The number of halogens is 1. The van der Waals surface area contributed by atoms with Gasteiger partial charge in [0.2, 0.25) is 0 Å². The Hall–Kier alpha value is -1.78. The number of aromatic amines is 1. The molecule has 0 fully saturated rings. The van der Waals surface area contributed by atoms with Crippen LogP contribution in [0.3, 0.4) is 0 Å². The monoisotopic (exact) mass is 304 g/mol. The van der Waals surface area contributed by atoms with Crippen LogP contribution in [-0.4, -0.2) is 22.8 Å². The fourth-order valence-electron chi connectivity index (χ4n) is 2.14. The molecule has 1 N–H and O–H groups in total. The third-order valence-corrected chi connectivity index (χ3v) is 4.34. The predicted octanol–water partition coefficient (Wildman–Crippen LogP) is 4.16. The van der Waals surface area contributed by atoms with Gasteiger partial charge in [-0.15, -0.1) is 11.3 Å². The predicted molar refractivity (Wildman–Crippen MR) is 83.4 cm³/mol. The van der Waals surface area contributed by atoms with E-state index >= 15 is 0 Å². The Morgan fingerprint density at radius 1 is 1.30 bits per heavy atom. The number of thiophene rings is 1. The molecule has 1 amide bonds. The van der Waals surface area contributed by atoms with Crippen molar-refractivity contribution in [1.82, 2.24) is 9.88 Å². The minimum absolute atomic E-state index is 0.0225. The molecule has 0 atom stereocenters. The summed E-state index contributed by atoms with van der Waals surface area (Å²) in [5, 5.41) is 1.04. The fourth-order valence-corrected chi connectivity index (χ4v) is 3.28. The first-order valence-corrected chi connectivity index (χ1v) is 7.40. The Labute approximate surface area is 125 Å². The van der Waals surface area contributed by atoms with E-state index in [4.69, 9.17) is 11.6 Å². The minimum Gasteiger partial charge on any atom is -0.351 e. The third-order valence-electron chi connectivity index (χ3n) is 3.13. The summed E-state index contributed by atoms with van der Waals surface area (Å²) < 4.78 is 0.742. The van der Waals surface area contributed by atoms with Crippen LogP contribution in [0.5, 0.6) is 0 Å². The standard InChI is InChI=1S/C15H13ClN2OS/c1-18(9-11-6-7-14(16)20-11)15(19)13-8-10-4-2-3-5-12(10)17-13/h2-8,17H,9H2,1H3. The summed E-state index contributed by atoms with van der Waals surface area (Å²) in [6.07, 6.45) is 0. The van der Waals surface area contributed by atoms with E-state index in [9.17, 15) is 4.79 Å². The maximum atomic E-state index is 12.4. The van der Waals surface area contributed by atoms with Gasteiger partial charge >= 0.3 is 0 Å². The van der Waals surface area contributed by atoms with Crippen LogP contribution in [0.15, 0.2) is 42.5 Å². The molecule has 3 nitrogen and oxygen atoms in total. The lowest BCUT2D eigenvalue weighted by Crippen LogP contribution is -2.26. The first-order chi connectivity index (χ1) is 9.63. The van der Waals surface area contributed by atoms with Crippen molar-refractivity contribution in [2.75, 3.05) is 7.05 Å². The molecule has 20 heavy (non-hydrogen) atoms. The molecule has 0 saturated heterocycles. The minimum atomic E-state index is -0.0225. The van der Waals surface area contributed by atoms with Crippen LogP contribution in [0, 0.1) is 0 Å². The van der Waals surface area contributed by atoms with Crippen molar-refractivity contribution in [2.24, 2.45) is 0 Å². The van der Waals surface area contributed by atoms with E-state index in [1.165, 1.54) is 11.3 Å². The average Bonchev–Trinajstić information content (AvgIpc) is 3.03. The van der Waals surface area contributed by atoms with Crippen molar-refractivity contribution < 1.29 is 4.79 Å². The SMILES string of the molecule is CN(Cc1ccc(Cl)s1)C(=O)c1cc2ccccc2[nH]1. The molecule has 0 unspecified atom stereocenters. The normalized spacial score (nSPS) is 10.9. The van der Waals surface area contributed by atoms with Crippen LogP contribution in [0.2, 0.25) is 4.34 Å². The van der Waals surface area contributed by atoms with E-state index in [1.807, 2.05) is 42.5 Å². The lowest BCUT2D eigenvalue weighted by Gasteiger charge is -2.14. The molecule has 0 aliphatic carbocycles. The molecule has 5 heteroatoms. The summed E-state index contributed by atoms with van der Waals surface area (Å²) >= 11 is 7.40. The summed E-state index contributed by atoms with van der Waals surface area (Å²) in [5.41, 5.74) is 1.58. The number of carbonyl (C=O) groups excluding carboxylic acids is 1. The first-order valence-electron chi connectivity index (χ1n) is 6.21. The summed E-state index contributed by atoms with van der Waals surface area (Å²) in [5.74, 6) is -0.0225. The Morgan fingerprint density at radius 3 is 2.80 bits per heavy atom. The zero-order valence-electron chi connectivity index (χ0n) is 10.9. The molecule has 0 aliphatic rings. The molecule has 3 aromatic rings. The first kappa shape index (κ1) is 13.2. The lowest BCUT2D eigenvalue weighted by molar-refractivity contribution is 0.0781. The smallest absolute Gasteiger partial charge is 0.270 e. The number of hydrogen-bond acceptors (Lipinski definition) is 2. The summed E-state index contributed by atoms with van der Waals surface area (Å²) in [7, 11) is 1.79. The van der Waals surface area contributed by atoms with E-state index in [1.54, 1.807) is 11.9 Å². The van der Waals surface area contributed by atoms with Gasteiger partial charge in [0.1, 0.15) is 5.69 Å². The highest BCUT2D eigenvalue weighted by Crippen LogP contribution is 2.23. The molecule has 0 aliphatic heterocycles. The highest BCUT2D eigenvalue weighted by molar-refractivity contribution is 7.16. The van der Waals surface area contributed by atoms with Crippen LogP contribution in [-0.2, 0) is 6.54 Å². The number of hydrogen-bond donors (Lipinski definition) is 1. The molecule has 2 heterocycles. The molecule has 0 saturated carbocycles. The van der Waals surface area contributed by atoms with Crippen molar-refractivity contribution >= 4 is 39.7 Å². The van der Waals surface area contributed by atoms with Gasteiger partial charge in [0.05, 0.1) is 10.9 Å². The van der Waals surface area contributed by atoms with Crippen molar-refractivity contribution in [1.29, 1.82) is 0 Å². The second-order valence-corrected chi connectivity index (χ2v) is 6.44. The Balaban J connectivity index is 1.80. The third kappa shape index (κ3) is 2.57. The summed E-state index contributed by atoms with van der Waals surface area (Å²) in [4.78, 5) is 18.3. The molecular weight excluding hydrogens is 292 g/mol. The molecule has 102 valence electrons. The van der Waals surface area contributed by atoms with E-state index in [0.29, 0.717) is 12.2 Å². The molecule has 0 radical (unpaired) electrons. The van der Waals surface area contributed by atoms with Gasteiger partial charge in [-0.2, -0.15) is 0 Å². The molecule has 0 spiro atoms. The zero-order chi connectivity index (χ0) is 14.1. The zero-order valence-corrected chi connectivity index (χ0v) is 12.5. The van der Waals surface area contributed by atoms with Crippen LogP contribution in [0.1, 0.15) is 15.4 Å². The largest absolute Gasteiger partial charge is 0.351 e. The highest BCUT2D eigenvalue weighted by atomic mass is 35.5. The highest BCUT2D eigenvalue weighted by Gasteiger charge is 2.15. The topological polar surface area (TPSA) is 36.1 Å². The maximum absolute atomic E-state index is 12.4. The van der Waals surface area contributed by atoms with Crippen LogP contribution in [0.25, 0.3) is 10.9 Å². The number of amides is 1. The van der Waals surface area contributed by atoms with Crippen LogP contribution < -0.4 is 0 Å². The number of rotatable bonds is 3. The number of benzene rings is 1. The van der Waals surface area contributed by atoms with Gasteiger partial charge < -0.3 is 9.88 Å². The summed E-state index contributed by atoms with van der Waals surface area (Å²) in [6, 6.07) is 13.5. The second-order valence-electron chi connectivity index (χ2n) is 4.64. The Morgan fingerprint density at radius 2 is 2.10 bits per heavy atom. The van der Waals surface area contributed by atoms with Crippen LogP contribution >= 0.6 is 22.9 Å². The summed E-state index contributed by atoms with van der Waals surface area (Å²) in [6.45, 7) is 0.561. The van der Waals surface area contributed by atoms with E-state index in [0.717, 1.165) is 20.1 Å². The van der Waals surface area contributed by atoms with E-state index in [2.05, 4.69) is 4.98 Å². The molecule has 3 rings (SSSR count). The van der Waals surface area contributed by atoms with Gasteiger partial charge in [-0.3, -0.25) is 4.79 Å². The van der Waals surface area contributed by atoms with Gasteiger partial charge in [-0.1, -0.05) is 29.8 Å². The van der Waals surface area contributed by atoms with Crippen molar-refractivity contribution in [2.45, 2.75) is 6.54 Å². The molecule has 0 bridgehead atoms. The number of nitrogens with one attached hydrogen (secondary N) is 1. The molecular formula is C15H13ClN2OS. The Kier molecular flexibility index (Phi) is 3.51. The van der Waals surface area contributed by atoms with Crippen molar-refractivity contribution in [3.63, 3.8) is 0 Å². The lowest BCUT2D eigenvalue weighted by atomic mass is 10.2. The quantitative estimate of drug-likeness (QED) is 0.775. The number of H-pyrrole nitrogens is 1. The van der Waals surface area contributed by atoms with Gasteiger partial charge in [-0.05, 0) is 24.3 Å². The number of nitrogens with zero attached hydrogens (tertiary/aromatic N) is 1. The van der Waals surface area contributed by atoms with Gasteiger partial charge in [0.25, 0.3) is 5.91 Å². The van der Waals surface area contributed by atoms with Crippen molar-refractivity contribution in [3.8, 4) is 0 Å². The van der Waals surface area contributed by atoms with Gasteiger partial charge in [0, 0.05) is 22.8 Å². The van der Waals surface area contributed by atoms with E-state index < -0.39 is 0 Å². The van der Waals surface area contributed by atoms with Gasteiger partial charge in [-0.25, -0.2) is 0 Å². The maximum Gasteiger partial charge on any atom is 0.270 e. The van der Waals surface area contributed by atoms with Crippen LogP contribution in [0.4, 0.5) is 0 Å². The van der Waals surface area contributed by atoms with Gasteiger partial charge in [0.15, 0.2) is 0 Å². The number of para-hydroxylation sites is 1. The van der Waals surface area contributed by atoms with E-state index in [-0.39, 0.29) is 5.91 Å². The number of fused-ring (bicyclic) bond motifs is 1. The second kappa shape index (κ2) is 5.31. The Bertz CT molecular complexity index is 729. The number of carbonyl (C=O) groups is 1.